The van der Waals surface area contributed by atoms with Gasteiger partial charge in [0, 0.05) is 13.0 Å². The van der Waals surface area contributed by atoms with Gasteiger partial charge in [-0.25, -0.2) is 4.79 Å². The number of hydrogen-bond acceptors (Lipinski definition) is 5. The van der Waals surface area contributed by atoms with Crippen LogP contribution in [0.25, 0.3) is 0 Å². The Hall–Kier alpha value is -1.36. The minimum absolute atomic E-state index is 0.211. The summed E-state index contributed by atoms with van der Waals surface area (Å²) in [7, 11) is 0. The number of cyclic esters (lactones) is 1. The molecule has 1 unspecified atom stereocenters. The molecule has 66 valence electrons. The molecule has 1 aliphatic rings. The molecule has 0 bridgehead atoms. The highest BCUT2D eigenvalue weighted by Crippen LogP contribution is 2.05. The summed E-state index contributed by atoms with van der Waals surface area (Å²) in [6, 6.07) is 0. The Morgan fingerprint density at radius 3 is 3.00 bits per heavy atom. The molecule has 0 fully saturated rings. The quantitative estimate of drug-likeness (QED) is 0.441. The third kappa shape index (κ3) is 2.71. The van der Waals surface area contributed by atoms with Gasteiger partial charge in [0.05, 0.1) is 0 Å². The van der Waals surface area contributed by atoms with Crippen molar-refractivity contribution in [3.63, 3.8) is 0 Å². The fraction of sp³-hybridized carbons (Fsp3) is 0.429. The van der Waals surface area contributed by atoms with E-state index in [1.165, 1.54) is 19.1 Å². The molecular formula is C7H8O5. The van der Waals surface area contributed by atoms with Gasteiger partial charge in [-0.15, -0.1) is 0 Å². The van der Waals surface area contributed by atoms with Gasteiger partial charge in [0.2, 0.25) is 6.29 Å². The van der Waals surface area contributed by atoms with Gasteiger partial charge in [0.15, 0.2) is 6.79 Å². The van der Waals surface area contributed by atoms with Gasteiger partial charge >= 0.3 is 11.9 Å². The van der Waals surface area contributed by atoms with Crippen LogP contribution in [-0.4, -0.2) is 25.0 Å². The summed E-state index contributed by atoms with van der Waals surface area (Å²) >= 11 is 0. The molecule has 0 N–H and O–H groups in total. The van der Waals surface area contributed by atoms with Crippen molar-refractivity contribution in [1.29, 1.82) is 0 Å². The van der Waals surface area contributed by atoms with Gasteiger partial charge < -0.3 is 14.2 Å². The molecule has 0 radical (unpaired) electrons. The van der Waals surface area contributed by atoms with Crippen molar-refractivity contribution in [1.82, 2.24) is 0 Å². The average molecular weight is 172 g/mol. The standard InChI is InChI=1S/C7H8O5/c1-5(8)10-4-11-7-3-2-6(9)12-7/h2-3,7H,4H2,1H3. The topological polar surface area (TPSA) is 61.8 Å². The summed E-state index contributed by atoms with van der Waals surface area (Å²) in [6.45, 7) is 1.05. The van der Waals surface area contributed by atoms with Crippen LogP contribution in [0, 0.1) is 0 Å². The number of esters is 2. The van der Waals surface area contributed by atoms with Crippen molar-refractivity contribution in [3.8, 4) is 0 Å². The summed E-state index contributed by atoms with van der Waals surface area (Å²) < 4.78 is 13.8. The molecule has 0 aromatic rings. The largest absolute Gasteiger partial charge is 0.438 e. The smallest absolute Gasteiger partial charge is 0.333 e. The van der Waals surface area contributed by atoms with E-state index in [-0.39, 0.29) is 6.79 Å². The second-order valence-electron chi connectivity index (χ2n) is 2.08. The minimum Gasteiger partial charge on any atom is -0.438 e. The molecule has 0 aliphatic carbocycles. The Bertz CT molecular complexity index is 220. The van der Waals surface area contributed by atoms with Gasteiger partial charge in [0.1, 0.15) is 0 Å². The van der Waals surface area contributed by atoms with E-state index in [4.69, 9.17) is 4.74 Å². The number of ether oxygens (including phenoxy) is 3. The van der Waals surface area contributed by atoms with E-state index in [1.807, 2.05) is 0 Å². The Kier molecular flexibility index (Phi) is 2.82. The first-order valence-corrected chi connectivity index (χ1v) is 3.32. The van der Waals surface area contributed by atoms with E-state index in [0.717, 1.165) is 0 Å². The van der Waals surface area contributed by atoms with E-state index < -0.39 is 18.2 Å². The van der Waals surface area contributed by atoms with Crippen molar-refractivity contribution in [3.05, 3.63) is 12.2 Å². The zero-order valence-corrected chi connectivity index (χ0v) is 6.48. The predicted octanol–water partition coefficient (Wildman–Crippen LogP) is -0.0373. The van der Waals surface area contributed by atoms with Crippen molar-refractivity contribution in [2.45, 2.75) is 13.2 Å². The molecule has 0 saturated heterocycles. The van der Waals surface area contributed by atoms with Crippen LogP contribution in [-0.2, 0) is 23.8 Å². The minimum atomic E-state index is -0.725. The van der Waals surface area contributed by atoms with Crippen LogP contribution in [0.4, 0.5) is 0 Å². The third-order valence-corrected chi connectivity index (χ3v) is 1.12. The average Bonchev–Trinajstić information content (AvgIpc) is 2.35. The summed E-state index contributed by atoms with van der Waals surface area (Å²) in [5.74, 6) is -0.897. The van der Waals surface area contributed by atoms with E-state index in [0.29, 0.717) is 0 Å². The van der Waals surface area contributed by atoms with Crippen LogP contribution in [0.1, 0.15) is 6.92 Å². The molecule has 1 heterocycles. The van der Waals surface area contributed by atoms with Crippen LogP contribution >= 0.6 is 0 Å². The van der Waals surface area contributed by atoms with Crippen LogP contribution < -0.4 is 0 Å². The van der Waals surface area contributed by atoms with Gasteiger partial charge in [-0.05, 0) is 6.08 Å². The van der Waals surface area contributed by atoms with Crippen molar-refractivity contribution >= 4 is 11.9 Å². The highest BCUT2D eigenvalue weighted by molar-refractivity contribution is 5.84. The summed E-state index contributed by atoms with van der Waals surface area (Å²) in [5, 5.41) is 0. The van der Waals surface area contributed by atoms with Gasteiger partial charge in [-0.2, -0.15) is 0 Å². The Balaban J connectivity index is 2.13. The zero-order chi connectivity index (χ0) is 8.97. The lowest BCUT2D eigenvalue weighted by Crippen LogP contribution is -2.15. The van der Waals surface area contributed by atoms with Crippen molar-refractivity contribution < 1.29 is 23.8 Å². The molecule has 1 atom stereocenters. The fourth-order valence-electron chi connectivity index (χ4n) is 0.624. The molecule has 1 aliphatic heterocycles. The molecule has 12 heavy (non-hydrogen) atoms. The lowest BCUT2D eigenvalue weighted by Gasteiger charge is -2.08. The highest BCUT2D eigenvalue weighted by Gasteiger charge is 2.16. The first kappa shape index (κ1) is 8.73. The molecule has 0 saturated carbocycles. The molecule has 0 amide bonds. The molecule has 1 rings (SSSR count). The van der Waals surface area contributed by atoms with Crippen molar-refractivity contribution in [2.75, 3.05) is 6.79 Å². The second kappa shape index (κ2) is 3.87. The van der Waals surface area contributed by atoms with Gasteiger partial charge in [0.25, 0.3) is 0 Å². The normalized spacial score (nSPS) is 20.8. The Morgan fingerprint density at radius 2 is 2.50 bits per heavy atom. The van der Waals surface area contributed by atoms with E-state index in [9.17, 15) is 9.59 Å². The molecule has 0 spiro atoms. The second-order valence-corrected chi connectivity index (χ2v) is 2.08. The molecule has 5 heteroatoms. The van der Waals surface area contributed by atoms with Gasteiger partial charge in [-0.1, -0.05) is 0 Å². The maximum Gasteiger partial charge on any atom is 0.333 e. The number of carbonyl (C=O) groups is 2. The molecule has 5 nitrogen and oxygen atoms in total. The first-order chi connectivity index (χ1) is 5.68. The maximum atomic E-state index is 10.5. The molecule has 0 aromatic carbocycles. The van der Waals surface area contributed by atoms with E-state index >= 15 is 0 Å². The summed E-state index contributed by atoms with van der Waals surface area (Å²) in [5.41, 5.74) is 0. The van der Waals surface area contributed by atoms with Crippen molar-refractivity contribution in [2.24, 2.45) is 0 Å². The van der Waals surface area contributed by atoms with Crippen LogP contribution in [0.3, 0.4) is 0 Å². The van der Waals surface area contributed by atoms with Gasteiger partial charge in [-0.3, -0.25) is 4.79 Å². The molecule has 0 aromatic heterocycles. The number of carbonyl (C=O) groups excluding carboxylic acids is 2. The first-order valence-electron chi connectivity index (χ1n) is 3.32. The van der Waals surface area contributed by atoms with E-state index in [1.54, 1.807) is 0 Å². The SMILES string of the molecule is CC(=O)OCOC1C=CC(=O)O1. The predicted molar refractivity (Wildman–Crippen MR) is 36.7 cm³/mol. The summed E-state index contributed by atoms with van der Waals surface area (Å²) in [6.07, 6.45) is 1.96. The fourth-order valence-corrected chi connectivity index (χ4v) is 0.624. The lowest BCUT2D eigenvalue weighted by molar-refractivity contribution is -0.184. The lowest BCUT2D eigenvalue weighted by atomic mass is 10.5. The monoisotopic (exact) mass is 172 g/mol. The van der Waals surface area contributed by atoms with Crippen LogP contribution in [0.2, 0.25) is 0 Å². The highest BCUT2D eigenvalue weighted by atomic mass is 16.8. The Labute approximate surface area is 68.9 Å². The molecular weight excluding hydrogens is 164 g/mol. The van der Waals surface area contributed by atoms with Crippen LogP contribution in [0.15, 0.2) is 12.2 Å². The Morgan fingerprint density at radius 1 is 1.75 bits per heavy atom. The van der Waals surface area contributed by atoms with Crippen LogP contribution in [0.5, 0.6) is 0 Å². The number of hydrogen-bond donors (Lipinski definition) is 0. The third-order valence-electron chi connectivity index (χ3n) is 1.12. The summed E-state index contributed by atoms with van der Waals surface area (Å²) in [4.78, 5) is 20.7. The maximum absolute atomic E-state index is 10.5. The van der Waals surface area contributed by atoms with E-state index in [2.05, 4.69) is 9.47 Å². The zero-order valence-electron chi connectivity index (χ0n) is 6.48. The number of rotatable bonds is 3.